The first-order valence-corrected chi connectivity index (χ1v) is 7.13. The van der Waals surface area contributed by atoms with Crippen LogP contribution in [0, 0.1) is 5.82 Å². The van der Waals surface area contributed by atoms with Gasteiger partial charge < -0.3 is 5.11 Å². The highest BCUT2D eigenvalue weighted by atomic mass is 79.9. The third kappa shape index (κ3) is 3.50. The summed E-state index contributed by atoms with van der Waals surface area (Å²) in [6.45, 7) is 1.06. The van der Waals surface area contributed by atoms with Crippen LogP contribution in [0.25, 0.3) is 0 Å². The van der Waals surface area contributed by atoms with Crippen LogP contribution in [0.3, 0.4) is 0 Å². The van der Waals surface area contributed by atoms with Gasteiger partial charge in [-0.1, -0.05) is 15.9 Å². The summed E-state index contributed by atoms with van der Waals surface area (Å²) in [7, 11) is -3.91. The summed E-state index contributed by atoms with van der Waals surface area (Å²) in [5.41, 5.74) is -0.0486. The molecule has 0 aliphatic heterocycles. The molecule has 1 rings (SSSR count). The van der Waals surface area contributed by atoms with Crippen LogP contribution < -0.4 is 0 Å². The highest BCUT2D eigenvalue weighted by Gasteiger charge is 2.28. The van der Waals surface area contributed by atoms with Crippen molar-refractivity contribution in [1.29, 1.82) is 0 Å². The molecule has 1 N–H and O–H groups in total. The van der Waals surface area contributed by atoms with Gasteiger partial charge in [-0.3, -0.25) is 4.79 Å². The third-order valence-corrected chi connectivity index (χ3v) is 4.74. The molecule has 4 nitrogen and oxygen atoms in total. The summed E-state index contributed by atoms with van der Waals surface area (Å²) in [6, 6.07) is 3.88. The van der Waals surface area contributed by atoms with Crippen LogP contribution in [0.2, 0.25) is 0 Å². The zero-order chi connectivity index (χ0) is 13.2. The van der Waals surface area contributed by atoms with Crippen molar-refractivity contribution in [2.45, 2.75) is 17.9 Å². The molecular weight excluding hydrogens is 315 g/mol. The van der Waals surface area contributed by atoms with E-state index in [1.165, 1.54) is 12.1 Å². The van der Waals surface area contributed by atoms with E-state index in [2.05, 4.69) is 15.9 Å². The van der Waals surface area contributed by atoms with Gasteiger partial charge in [0.05, 0.1) is 5.75 Å². The van der Waals surface area contributed by atoms with E-state index in [0.29, 0.717) is 4.47 Å². The Kier molecular flexibility index (Phi) is 4.26. The number of carboxylic acid groups (broad SMARTS) is 1. The van der Waals surface area contributed by atoms with Crippen molar-refractivity contribution >= 4 is 31.7 Å². The third-order valence-electron chi connectivity index (χ3n) is 2.25. The first-order chi connectivity index (χ1) is 7.74. The minimum absolute atomic E-state index is 0.0486. The molecule has 0 aromatic heterocycles. The number of sulfone groups is 1. The van der Waals surface area contributed by atoms with Gasteiger partial charge in [-0.05, 0) is 25.1 Å². The summed E-state index contributed by atoms with van der Waals surface area (Å²) in [5, 5.41) is 7.08. The molecule has 0 aliphatic rings. The molecule has 0 saturated carbocycles. The fourth-order valence-electron chi connectivity index (χ4n) is 1.15. The molecule has 7 heteroatoms. The van der Waals surface area contributed by atoms with Crippen LogP contribution in [0.15, 0.2) is 22.7 Å². The van der Waals surface area contributed by atoms with Crippen LogP contribution in [0.1, 0.15) is 12.5 Å². The molecule has 0 amide bonds. The predicted octanol–water partition coefficient (Wildman–Crippen LogP) is 1.98. The first kappa shape index (κ1) is 14.1. The molecule has 17 heavy (non-hydrogen) atoms. The number of carboxylic acids is 1. The van der Waals surface area contributed by atoms with Crippen molar-refractivity contribution in [2.24, 2.45) is 0 Å². The average molecular weight is 325 g/mol. The fraction of sp³-hybridized carbons (Fsp3) is 0.300. The van der Waals surface area contributed by atoms with Crippen molar-refractivity contribution in [2.75, 3.05) is 0 Å². The van der Waals surface area contributed by atoms with E-state index in [1.54, 1.807) is 0 Å². The molecule has 0 aliphatic carbocycles. The summed E-state index contributed by atoms with van der Waals surface area (Å²) in [4.78, 5) is 10.6. The molecule has 0 saturated heterocycles. The van der Waals surface area contributed by atoms with Crippen LogP contribution >= 0.6 is 15.9 Å². The van der Waals surface area contributed by atoms with Gasteiger partial charge in [-0.25, -0.2) is 12.8 Å². The largest absolute Gasteiger partial charge is 0.480 e. The molecule has 1 aromatic carbocycles. The maximum Gasteiger partial charge on any atom is 0.321 e. The van der Waals surface area contributed by atoms with E-state index in [9.17, 15) is 17.6 Å². The predicted molar refractivity (Wildman–Crippen MR) is 63.8 cm³/mol. The van der Waals surface area contributed by atoms with Gasteiger partial charge in [-0.15, -0.1) is 0 Å². The quantitative estimate of drug-likeness (QED) is 0.919. The number of halogens is 2. The standard InChI is InChI=1S/C10H10BrFO4S/c1-6(10(13)14)17(15,16)5-7-4-8(11)2-3-9(7)12/h2-4,6H,5H2,1H3,(H,13,14). The number of carbonyl (C=O) groups is 1. The molecular formula is C10H10BrFO4S. The fourth-order valence-corrected chi connectivity index (χ4v) is 2.77. The smallest absolute Gasteiger partial charge is 0.321 e. The summed E-state index contributed by atoms with van der Waals surface area (Å²) in [5.74, 6) is -2.75. The minimum Gasteiger partial charge on any atom is -0.480 e. The maximum atomic E-state index is 13.3. The lowest BCUT2D eigenvalue weighted by Gasteiger charge is -2.09. The molecule has 94 valence electrons. The Morgan fingerprint density at radius 2 is 2.12 bits per heavy atom. The number of hydrogen-bond acceptors (Lipinski definition) is 3. The topological polar surface area (TPSA) is 71.4 Å². The second kappa shape index (κ2) is 5.14. The minimum atomic E-state index is -3.91. The lowest BCUT2D eigenvalue weighted by molar-refractivity contribution is -0.136. The molecule has 1 aromatic rings. The molecule has 0 heterocycles. The van der Waals surface area contributed by atoms with E-state index in [0.717, 1.165) is 13.0 Å². The maximum absolute atomic E-state index is 13.3. The molecule has 1 atom stereocenters. The Labute approximate surface area is 107 Å². The summed E-state index contributed by atoms with van der Waals surface area (Å²) >= 11 is 3.09. The average Bonchev–Trinajstić information content (AvgIpc) is 2.21. The van der Waals surface area contributed by atoms with E-state index >= 15 is 0 Å². The van der Waals surface area contributed by atoms with Crippen LogP contribution in [-0.4, -0.2) is 24.7 Å². The van der Waals surface area contributed by atoms with Crippen molar-refractivity contribution < 1.29 is 22.7 Å². The van der Waals surface area contributed by atoms with Gasteiger partial charge in [0, 0.05) is 10.0 Å². The first-order valence-electron chi connectivity index (χ1n) is 4.62. The van der Waals surface area contributed by atoms with Crippen molar-refractivity contribution in [1.82, 2.24) is 0 Å². The normalized spacial score (nSPS) is 13.4. The monoisotopic (exact) mass is 324 g/mol. The molecule has 0 bridgehead atoms. The van der Waals surface area contributed by atoms with E-state index in [4.69, 9.17) is 5.11 Å². The Morgan fingerprint density at radius 1 is 1.53 bits per heavy atom. The number of hydrogen-bond donors (Lipinski definition) is 1. The number of rotatable bonds is 4. The van der Waals surface area contributed by atoms with E-state index in [-0.39, 0.29) is 5.56 Å². The van der Waals surface area contributed by atoms with Crippen LogP contribution in [0.4, 0.5) is 4.39 Å². The highest BCUT2D eigenvalue weighted by molar-refractivity contribution is 9.10. The van der Waals surface area contributed by atoms with E-state index < -0.39 is 32.6 Å². The number of aliphatic carboxylic acids is 1. The summed E-state index contributed by atoms with van der Waals surface area (Å²) < 4.78 is 37.2. The Bertz CT molecular complexity index is 541. The van der Waals surface area contributed by atoms with Gasteiger partial charge in [-0.2, -0.15) is 0 Å². The van der Waals surface area contributed by atoms with Crippen LogP contribution in [0.5, 0.6) is 0 Å². The molecule has 0 radical (unpaired) electrons. The lowest BCUT2D eigenvalue weighted by Crippen LogP contribution is -2.28. The second-order valence-electron chi connectivity index (χ2n) is 3.52. The SMILES string of the molecule is CC(C(=O)O)S(=O)(=O)Cc1cc(Br)ccc1F. The van der Waals surface area contributed by atoms with Crippen molar-refractivity contribution in [3.05, 3.63) is 34.1 Å². The number of benzene rings is 1. The van der Waals surface area contributed by atoms with Gasteiger partial charge in [0.25, 0.3) is 0 Å². The second-order valence-corrected chi connectivity index (χ2v) is 6.76. The summed E-state index contributed by atoms with van der Waals surface area (Å²) in [6.07, 6.45) is 0. The van der Waals surface area contributed by atoms with Gasteiger partial charge in [0.2, 0.25) is 0 Å². The Balaban J connectivity index is 3.06. The molecule has 0 spiro atoms. The van der Waals surface area contributed by atoms with E-state index in [1.807, 2.05) is 0 Å². The van der Waals surface area contributed by atoms with Crippen LogP contribution in [-0.2, 0) is 20.4 Å². The van der Waals surface area contributed by atoms with Crippen molar-refractivity contribution in [3.63, 3.8) is 0 Å². The van der Waals surface area contributed by atoms with Gasteiger partial charge >= 0.3 is 5.97 Å². The lowest BCUT2D eigenvalue weighted by atomic mass is 10.2. The zero-order valence-corrected chi connectivity index (χ0v) is 11.3. The molecule has 1 unspecified atom stereocenters. The Hall–Kier alpha value is -0.950. The van der Waals surface area contributed by atoms with Crippen molar-refractivity contribution in [3.8, 4) is 0 Å². The Morgan fingerprint density at radius 3 is 2.65 bits per heavy atom. The van der Waals surface area contributed by atoms with Gasteiger partial charge in [0.1, 0.15) is 5.82 Å². The molecule has 0 fully saturated rings. The zero-order valence-electron chi connectivity index (χ0n) is 8.85. The van der Waals surface area contributed by atoms with Gasteiger partial charge in [0.15, 0.2) is 15.1 Å². The highest BCUT2D eigenvalue weighted by Crippen LogP contribution is 2.19.